The number of nitrogens with two attached hydrogens (primary N) is 1. The summed E-state index contributed by atoms with van der Waals surface area (Å²) in [7, 11) is 0. The number of hydrogen-bond acceptors (Lipinski definition) is 5. The summed E-state index contributed by atoms with van der Waals surface area (Å²) in [5, 5.41) is 22.6. The van der Waals surface area contributed by atoms with Gasteiger partial charge in [0.05, 0.1) is 9.62 Å². The molecule has 0 bridgehead atoms. The van der Waals surface area contributed by atoms with Gasteiger partial charge in [0.15, 0.2) is 0 Å². The number of benzene rings is 1. The molecule has 2 aromatic rings. The van der Waals surface area contributed by atoms with E-state index in [0.29, 0.717) is 4.70 Å². The fourth-order valence-electron chi connectivity index (χ4n) is 1.30. The third-order valence-corrected chi connectivity index (χ3v) is 2.84. The van der Waals surface area contributed by atoms with Crippen molar-refractivity contribution in [2.75, 3.05) is 5.73 Å². The van der Waals surface area contributed by atoms with Crippen LogP contribution in [0.3, 0.4) is 0 Å². The van der Waals surface area contributed by atoms with Gasteiger partial charge in [-0.3, -0.25) is 10.1 Å². The van der Waals surface area contributed by atoms with Crippen molar-refractivity contribution in [3.8, 4) is 5.75 Å². The van der Waals surface area contributed by atoms with E-state index in [9.17, 15) is 15.2 Å². The van der Waals surface area contributed by atoms with Gasteiger partial charge in [0, 0.05) is 0 Å². The van der Waals surface area contributed by atoms with Gasteiger partial charge in [-0.15, -0.1) is 11.3 Å². The number of fused-ring (bicyclic) bond motifs is 1. The molecule has 1 heterocycles. The summed E-state index contributed by atoms with van der Waals surface area (Å²) in [5.41, 5.74) is 5.02. The van der Waals surface area contributed by atoms with Crippen LogP contribution >= 0.6 is 11.3 Å². The van der Waals surface area contributed by atoms with Crippen LogP contribution in [-0.4, -0.2) is 10.0 Å². The summed E-state index contributed by atoms with van der Waals surface area (Å²) in [4.78, 5) is 9.90. The molecule has 0 fully saturated rings. The molecule has 0 amide bonds. The van der Waals surface area contributed by atoms with Crippen LogP contribution in [0.1, 0.15) is 0 Å². The number of phenolic OH excluding ortho intramolecular Hbond substituents is 1. The Morgan fingerprint density at radius 3 is 2.93 bits per heavy atom. The van der Waals surface area contributed by atoms with Crippen LogP contribution in [-0.2, 0) is 0 Å². The second kappa shape index (κ2) is 2.85. The predicted octanol–water partition coefficient (Wildman–Crippen LogP) is 2.10. The molecule has 0 spiro atoms. The summed E-state index contributed by atoms with van der Waals surface area (Å²) in [6.45, 7) is 0. The normalized spacial score (nSPS) is 10.6. The van der Waals surface area contributed by atoms with Crippen LogP contribution in [0.25, 0.3) is 10.1 Å². The van der Waals surface area contributed by atoms with Crippen molar-refractivity contribution < 1.29 is 10.0 Å². The lowest BCUT2D eigenvalue weighted by Gasteiger charge is -2.00. The zero-order valence-electron chi connectivity index (χ0n) is 6.93. The van der Waals surface area contributed by atoms with Gasteiger partial charge in [0.25, 0.3) is 0 Å². The predicted molar refractivity (Wildman–Crippen MR) is 54.6 cm³/mol. The maximum atomic E-state index is 10.6. The fourth-order valence-corrected chi connectivity index (χ4v) is 2.12. The molecule has 72 valence electrons. The smallest absolute Gasteiger partial charge is 0.334 e. The number of rotatable bonds is 1. The first-order valence-electron chi connectivity index (χ1n) is 3.74. The van der Waals surface area contributed by atoms with Crippen molar-refractivity contribution in [2.45, 2.75) is 0 Å². The monoisotopic (exact) mass is 210 g/mol. The number of anilines is 1. The molecule has 1 aromatic heterocycles. The molecule has 0 saturated carbocycles. The van der Waals surface area contributed by atoms with Crippen LogP contribution in [0.15, 0.2) is 17.5 Å². The van der Waals surface area contributed by atoms with E-state index in [1.54, 1.807) is 11.4 Å². The van der Waals surface area contributed by atoms with Gasteiger partial charge in [-0.1, -0.05) is 0 Å². The molecule has 0 radical (unpaired) electrons. The van der Waals surface area contributed by atoms with Crippen molar-refractivity contribution in [3.05, 3.63) is 27.6 Å². The molecule has 3 N–H and O–H groups in total. The Morgan fingerprint density at radius 1 is 1.57 bits per heavy atom. The maximum absolute atomic E-state index is 10.6. The molecule has 0 aliphatic rings. The lowest BCUT2D eigenvalue weighted by atomic mass is 10.2. The summed E-state index contributed by atoms with van der Waals surface area (Å²) < 4.78 is 0.492. The van der Waals surface area contributed by atoms with Gasteiger partial charge in [-0.2, -0.15) is 0 Å². The lowest BCUT2D eigenvalue weighted by molar-refractivity contribution is -0.384. The first kappa shape index (κ1) is 8.76. The van der Waals surface area contributed by atoms with Gasteiger partial charge < -0.3 is 10.8 Å². The SMILES string of the molecule is Nc1cc2ccsc2c(O)c1[N+](=O)[O-]. The maximum Gasteiger partial charge on any atom is 0.334 e. The molecular weight excluding hydrogens is 204 g/mol. The zero-order chi connectivity index (χ0) is 10.3. The molecule has 5 nitrogen and oxygen atoms in total. The molecule has 0 aliphatic carbocycles. The topological polar surface area (TPSA) is 89.4 Å². The Labute approximate surface area is 82.5 Å². The van der Waals surface area contributed by atoms with Crippen LogP contribution in [0, 0.1) is 10.1 Å². The number of thiophene rings is 1. The highest BCUT2D eigenvalue weighted by atomic mass is 32.1. The third-order valence-electron chi connectivity index (χ3n) is 1.90. The summed E-state index contributed by atoms with van der Waals surface area (Å²) in [5.74, 6) is -0.347. The van der Waals surface area contributed by atoms with Gasteiger partial charge in [-0.25, -0.2) is 0 Å². The molecule has 0 atom stereocenters. The minimum Gasteiger partial charge on any atom is -0.501 e. The summed E-state index contributed by atoms with van der Waals surface area (Å²) in [6.07, 6.45) is 0. The molecule has 0 unspecified atom stereocenters. The van der Waals surface area contributed by atoms with Crippen molar-refractivity contribution in [1.82, 2.24) is 0 Å². The van der Waals surface area contributed by atoms with E-state index in [1.807, 2.05) is 0 Å². The molecule has 0 aliphatic heterocycles. The molecule has 0 saturated heterocycles. The number of nitrogen functional groups attached to an aromatic ring is 1. The molecule has 2 rings (SSSR count). The van der Waals surface area contributed by atoms with Crippen LogP contribution in [0.2, 0.25) is 0 Å². The van der Waals surface area contributed by atoms with Gasteiger partial charge in [0.1, 0.15) is 5.69 Å². The minimum absolute atomic E-state index is 0.0154. The number of nitrogens with zero attached hydrogens (tertiary/aromatic N) is 1. The van der Waals surface area contributed by atoms with E-state index < -0.39 is 10.6 Å². The lowest BCUT2D eigenvalue weighted by Crippen LogP contribution is -1.95. The number of nitro groups is 1. The second-order valence-corrected chi connectivity index (χ2v) is 3.68. The van der Waals surface area contributed by atoms with E-state index in [-0.39, 0.29) is 11.4 Å². The van der Waals surface area contributed by atoms with Crippen LogP contribution in [0.4, 0.5) is 11.4 Å². The third kappa shape index (κ3) is 1.08. The van der Waals surface area contributed by atoms with Gasteiger partial charge in [0.2, 0.25) is 5.75 Å². The van der Waals surface area contributed by atoms with Crippen molar-refractivity contribution in [1.29, 1.82) is 0 Å². The molecule has 6 heteroatoms. The Bertz CT molecular complexity index is 521. The Balaban J connectivity index is 2.89. The van der Waals surface area contributed by atoms with E-state index >= 15 is 0 Å². The van der Waals surface area contributed by atoms with Crippen LogP contribution in [0.5, 0.6) is 5.75 Å². The number of aromatic hydroxyl groups is 1. The Hall–Kier alpha value is -1.82. The summed E-state index contributed by atoms with van der Waals surface area (Å²) in [6, 6.07) is 3.24. The van der Waals surface area contributed by atoms with Gasteiger partial charge >= 0.3 is 5.69 Å². The highest BCUT2D eigenvalue weighted by molar-refractivity contribution is 7.17. The highest BCUT2D eigenvalue weighted by Crippen LogP contribution is 2.41. The number of phenols is 1. The first-order valence-corrected chi connectivity index (χ1v) is 4.62. The van der Waals surface area contributed by atoms with Gasteiger partial charge in [-0.05, 0) is 22.9 Å². The average Bonchev–Trinajstić information content (AvgIpc) is 2.50. The molecule has 1 aromatic carbocycles. The van der Waals surface area contributed by atoms with Crippen molar-refractivity contribution in [2.24, 2.45) is 0 Å². The zero-order valence-corrected chi connectivity index (χ0v) is 7.75. The summed E-state index contributed by atoms with van der Waals surface area (Å²) >= 11 is 1.24. The van der Waals surface area contributed by atoms with E-state index in [1.165, 1.54) is 17.4 Å². The Kier molecular flexibility index (Phi) is 1.78. The number of nitro benzene ring substituents is 1. The van der Waals surface area contributed by atoms with Crippen molar-refractivity contribution in [3.63, 3.8) is 0 Å². The second-order valence-electron chi connectivity index (χ2n) is 2.76. The highest BCUT2D eigenvalue weighted by Gasteiger charge is 2.21. The number of hydrogen-bond donors (Lipinski definition) is 2. The van der Waals surface area contributed by atoms with E-state index in [2.05, 4.69) is 0 Å². The molecule has 14 heavy (non-hydrogen) atoms. The van der Waals surface area contributed by atoms with E-state index in [4.69, 9.17) is 5.73 Å². The van der Waals surface area contributed by atoms with Crippen LogP contribution < -0.4 is 5.73 Å². The quantitative estimate of drug-likeness (QED) is 0.428. The van der Waals surface area contributed by atoms with Crippen molar-refractivity contribution >= 4 is 32.8 Å². The Morgan fingerprint density at radius 2 is 2.29 bits per heavy atom. The van der Waals surface area contributed by atoms with E-state index in [0.717, 1.165) is 5.39 Å². The standard InChI is InChI=1S/C8H6N2O3S/c9-5-3-4-1-2-14-8(4)7(11)6(5)10(12)13/h1-3,11H,9H2. The largest absolute Gasteiger partial charge is 0.501 e. The first-order chi connectivity index (χ1) is 6.61. The fraction of sp³-hybridized carbons (Fsp3) is 0. The minimum atomic E-state index is -0.677. The molecular formula is C8H6N2O3S. The average molecular weight is 210 g/mol.